The van der Waals surface area contributed by atoms with Crippen LogP contribution in [0.25, 0.3) is 0 Å². The number of hydrogen-bond donors (Lipinski definition) is 2. The van der Waals surface area contributed by atoms with Crippen LogP contribution in [0.3, 0.4) is 0 Å². The van der Waals surface area contributed by atoms with Gasteiger partial charge >= 0.3 is 0 Å². The highest BCUT2D eigenvalue weighted by Crippen LogP contribution is 2.14. The van der Waals surface area contributed by atoms with Crippen LogP contribution in [0.5, 0.6) is 0 Å². The molecule has 0 saturated heterocycles. The number of hydrogen-bond acceptors (Lipinski definition) is 4. The summed E-state index contributed by atoms with van der Waals surface area (Å²) in [5.74, 6) is -0.194. The van der Waals surface area contributed by atoms with E-state index in [1.807, 2.05) is 27.7 Å². The number of aryl methyl sites for hydroxylation is 1. The lowest BCUT2D eigenvalue weighted by molar-refractivity contribution is -0.121. The summed E-state index contributed by atoms with van der Waals surface area (Å²) in [5.41, 5.74) is 7.07. The van der Waals surface area contributed by atoms with Crippen LogP contribution in [-0.4, -0.2) is 21.9 Å². The molecule has 0 aromatic carbocycles. The Kier molecular flexibility index (Phi) is 4.57. The van der Waals surface area contributed by atoms with Gasteiger partial charge in [0.15, 0.2) is 0 Å². The summed E-state index contributed by atoms with van der Waals surface area (Å²) in [5, 5.41) is 3.20. The number of rotatable bonds is 5. The molecule has 0 spiro atoms. The van der Waals surface area contributed by atoms with Crippen molar-refractivity contribution in [1.29, 1.82) is 0 Å². The molecule has 5 heteroatoms. The number of amides is 1. The van der Waals surface area contributed by atoms with Crippen molar-refractivity contribution in [2.45, 2.75) is 39.8 Å². The van der Waals surface area contributed by atoms with Crippen molar-refractivity contribution in [2.75, 3.05) is 0 Å². The van der Waals surface area contributed by atoms with Crippen molar-refractivity contribution in [3.8, 4) is 0 Å². The average molecular weight is 236 g/mol. The Balaban J connectivity index is 2.81. The summed E-state index contributed by atoms with van der Waals surface area (Å²) < 4.78 is 0. The summed E-state index contributed by atoms with van der Waals surface area (Å²) in [7, 11) is 0. The first-order chi connectivity index (χ1) is 7.93. The standard InChI is InChI=1S/C12H20N4O/c1-7(2)10(12(13)17)16-9(4)11-8(3)14-5-6-15-11/h5-7,9-10,16H,1-4H3,(H2,13,17). The molecule has 2 unspecified atom stereocenters. The van der Waals surface area contributed by atoms with Crippen LogP contribution in [0.2, 0.25) is 0 Å². The number of primary amides is 1. The number of nitrogens with zero attached hydrogens (tertiary/aromatic N) is 2. The van der Waals surface area contributed by atoms with Gasteiger partial charge in [-0.1, -0.05) is 13.8 Å². The smallest absolute Gasteiger partial charge is 0.234 e. The minimum absolute atomic E-state index is 0.0522. The van der Waals surface area contributed by atoms with Gasteiger partial charge in [0.25, 0.3) is 0 Å². The van der Waals surface area contributed by atoms with Gasteiger partial charge in [-0.25, -0.2) is 0 Å². The maximum Gasteiger partial charge on any atom is 0.234 e. The molecular formula is C12H20N4O. The maximum atomic E-state index is 11.3. The lowest BCUT2D eigenvalue weighted by atomic mass is 10.0. The van der Waals surface area contributed by atoms with Crippen molar-refractivity contribution >= 4 is 5.91 Å². The third-order valence-corrected chi connectivity index (χ3v) is 2.73. The van der Waals surface area contributed by atoms with Crippen molar-refractivity contribution in [2.24, 2.45) is 11.7 Å². The highest BCUT2D eigenvalue weighted by atomic mass is 16.1. The van der Waals surface area contributed by atoms with Crippen LogP contribution in [-0.2, 0) is 4.79 Å². The molecule has 1 heterocycles. The Labute approximate surface area is 102 Å². The van der Waals surface area contributed by atoms with Crippen LogP contribution >= 0.6 is 0 Å². The van der Waals surface area contributed by atoms with E-state index < -0.39 is 0 Å². The molecule has 1 amide bonds. The molecule has 94 valence electrons. The molecule has 0 aliphatic rings. The second-order valence-electron chi connectivity index (χ2n) is 4.54. The lowest BCUT2D eigenvalue weighted by Gasteiger charge is -2.23. The third kappa shape index (κ3) is 3.49. The molecule has 0 saturated carbocycles. The van der Waals surface area contributed by atoms with E-state index in [1.54, 1.807) is 12.4 Å². The number of nitrogens with one attached hydrogen (secondary N) is 1. The van der Waals surface area contributed by atoms with Crippen LogP contribution < -0.4 is 11.1 Å². The number of carbonyl (C=O) groups is 1. The van der Waals surface area contributed by atoms with Crippen LogP contribution in [0.15, 0.2) is 12.4 Å². The molecule has 5 nitrogen and oxygen atoms in total. The van der Waals surface area contributed by atoms with Crippen molar-refractivity contribution in [3.05, 3.63) is 23.8 Å². The first-order valence-corrected chi connectivity index (χ1v) is 5.76. The zero-order valence-corrected chi connectivity index (χ0v) is 10.8. The Hall–Kier alpha value is -1.49. The van der Waals surface area contributed by atoms with E-state index in [-0.39, 0.29) is 23.9 Å². The van der Waals surface area contributed by atoms with Crippen molar-refractivity contribution in [1.82, 2.24) is 15.3 Å². The molecule has 3 N–H and O–H groups in total. The summed E-state index contributed by atoms with van der Waals surface area (Å²) in [6.07, 6.45) is 3.30. The van der Waals surface area contributed by atoms with Gasteiger partial charge in [-0.15, -0.1) is 0 Å². The van der Waals surface area contributed by atoms with Gasteiger partial charge in [0.1, 0.15) is 0 Å². The number of aromatic nitrogens is 2. The molecule has 1 aromatic heterocycles. The topological polar surface area (TPSA) is 80.9 Å². The van der Waals surface area contributed by atoms with E-state index in [2.05, 4.69) is 15.3 Å². The van der Waals surface area contributed by atoms with Gasteiger partial charge in [0.2, 0.25) is 5.91 Å². The zero-order chi connectivity index (χ0) is 13.0. The quantitative estimate of drug-likeness (QED) is 0.797. The van der Waals surface area contributed by atoms with Gasteiger partial charge in [0.05, 0.1) is 17.4 Å². The summed E-state index contributed by atoms with van der Waals surface area (Å²) >= 11 is 0. The highest BCUT2D eigenvalue weighted by molar-refractivity contribution is 5.80. The normalized spacial score (nSPS) is 14.6. The zero-order valence-electron chi connectivity index (χ0n) is 10.8. The Morgan fingerprint density at radius 3 is 2.35 bits per heavy atom. The fraction of sp³-hybridized carbons (Fsp3) is 0.583. The summed E-state index contributed by atoms with van der Waals surface area (Å²) in [6, 6.07) is -0.407. The molecule has 0 fully saturated rings. The van der Waals surface area contributed by atoms with E-state index in [4.69, 9.17) is 5.73 Å². The molecular weight excluding hydrogens is 216 g/mol. The van der Waals surface area contributed by atoms with Gasteiger partial charge in [-0.05, 0) is 19.8 Å². The van der Waals surface area contributed by atoms with Crippen LogP contribution in [0, 0.1) is 12.8 Å². The Morgan fingerprint density at radius 1 is 1.29 bits per heavy atom. The molecule has 17 heavy (non-hydrogen) atoms. The Morgan fingerprint density at radius 2 is 1.88 bits per heavy atom. The van der Waals surface area contributed by atoms with E-state index in [0.29, 0.717) is 0 Å². The van der Waals surface area contributed by atoms with E-state index in [1.165, 1.54) is 0 Å². The molecule has 0 radical (unpaired) electrons. The predicted molar refractivity (Wildman–Crippen MR) is 66.1 cm³/mol. The lowest BCUT2D eigenvalue weighted by Crippen LogP contribution is -2.46. The van der Waals surface area contributed by atoms with E-state index in [0.717, 1.165) is 11.4 Å². The SMILES string of the molecule is Cc1nccnc1C(C)NC(C(N)=O)C(C)C. The minimum Gasteiger partial charge on any atom is -0.368 e. The van der Waals surface area contributed by atoms with Gasteiger partial charge in [-0.3, -0.25) is 20.1 Å². The fourth-order valence-electron chi connectivity index (χ4n) is 1.79. The number of nitrogens with two attached hydrogens (primary N) is 1. The first-order valence-electron chi connectivity index (χ1n) is 5.76. The van der Waals surface area contributed by atoms with Gasteiger partial charge in [0, 0.05) is 18.4 Å². The number of carbonyl (C=O) groups excluding carboxylic acids is 1. The molecule has 0 bridgehead atoms. The highest BCUT2D eigenvalue weighted by Gasteiger charge is 2.23. The van der Waals surface area contributed by atoms with E-state index >= 15 is 0 Å². The van der Waals surface area contributed by atoms with E-state index in [9.17, 15) is 4.79 Å². The molecule has 1 aromatic rings. The van der Waals surface area contributed by atoms with Gasteiger partial charge in [-0.2, -0.15) is 0 Å². The van der Waals surface area contributed by atoms with Crippen LogP contribution in [0.1, 0.15) is 38.2 Å². The van der Waals surface area contributed by atoms with Crippen LogP contribution in [0.4, 0.5) is 0 Å². The molecule has 0 aliphatic carbocycles. The average Bonchev–Trinajstić information content (AvgIpc) is 2.25. The van der Waals surface area contributed by atoms with Crippen molar-refractivity contribution < 1.29 is 4.79 Å². The minimum atomic E-state index is -0.355. The summed E-state index contributed by atoms with van der Waals surface area (Å²) in [4.78, 5) is 19.8. The molecule has 2 atom stereocenters. The largest absolute Gasteiger partial charge is 0.368 e. The Bertz CT molecular complexity index is 392. The second-order valence-corrected chi connectivity index (χ2v) is 4.54. The fourth-order valence-corrected chi connectivity index (χ4v) is 1.79. The molecule has 0 aliphatic heterocycles. The maximum absolute atomic E-state index is 11.3. The van der Waals surface area contributed by atoms with Gasteiger partial charge < -0.3 is 5.73 Å². The molecule has 1 rings (SSSR count). The first kappa shape index (κ1) is 13.6. The third-order valence-electron chi connectivity index (χ3n) is 2.73. The van der Waals surface area contributed by atoms with Crippen molar-refractivity contribution in [3.63, 3.8) is 0 Å². The monoisotopic (exact) mass is 236 g/mol. The second kappa shape index (κ2) is 5.72. The predicted octanol–water partition coefficient (Wildman–Crippen LogP) is 0.946. The summed E-state index contributed by atoms with van der Waals surface area (Å²) in [6.45, 7) is 7.77.